The van der Waals surface area contributed by atoms with Crippen LogP contribution in [0.4, 0.5) is 5.82 Å². The van der Waals surface area contributed by atoms with Crippen molar-refractivity contribution in [2.45, 2.75) is 0 Å². The summed E-state index contributed by atoms with van der Waals surface area (Å²) in [5, 5.41) is 10.5. The molecule has 0 amide bonds. The predicted molar refractivity (Wildman–Crippen MR) is 93.3 cm³/mol. The number of pyridine rings is 1. The van der Waals surface area contributed by atoms with Gasteiger partial charge in [-0.3, -0.25) is 4.40 Å². The van der Waals surface area contributed by atoms with Crippen molar-refractivity contribution in [2.75, 3.05) is 0 Å². The molecule has 0 bridgehead atoms. The molecule has 1 N–H and O–H groups in total. The Morgan fingerprint density at radius 3 is 2.79 bits per heavy atom. The first kappa shape index (κ1) is 14.5. The van der Waals surface area contributed by atoms with Gasteiger partial charge in [0.1, 0.15) is 11.4 Å². The molecular formula is C18H12ClN3O2. The van der Waals surface area contributed by atoms with Gasteiger partial charge in [0.2, 0.25) is 0 Å². The summed E-state index contributed by atoms with van der Waals surface area (Å²) in [7, 11) is 0. The van der Waals surface area contributed by atoms with Gasteiger partial charge in [-0.25, -0.2) is 9.98 Å². The second-order valence-corrected chi connectivity index (χ2v) is 5.59. The molecule has 3 aromatic heterocycles. The zero-order valence-electron chi connectivity index (χ0n) is 12.4. The molecule has 0 radical (unpaired) electrons. The second-order valence-electron chi connectivity index (χ2n) is 5.15. The molecule has 0 atom stereocenters. The van der Waals surface area contributed by atoms with E-state index in [0.29, 0.717) is 33.5 Å². The van der Waals surface area contributed by atoms with Crippen LogP contribution in [0.3, 0.4) is 0 Å². The first-order valence-electron chi connectivity index (χ1n) is 7.26. The lowest BCUT2D eigenvalue weighted by Gasteiger charge is -2.00. The van der Waals surface area contributed by atoms with Gasteiger partial charge in [-0.05, 0) is 36.4 Å². The number of furan rings is 1. The molecule has 5 nitrogen and oxygen atoms in total. The number of fused-ring (bicyclic) bond motifs is 1. The van der Waals surface area contributed by atoms with Crippen molar-refractivity contribution in [1.82, 2.24) is 9.38 Å². The molecule has 0 fully saturated rings. The van der Waals surface area contributed by atoms with Crippen molar-refractivity contribution in [3.05, 3.63) is 71.6 Å². The standard InChI is InChI=1S/C18H12ClN3O2/c19-13-7-8-16-21-17(15-6-3-9-24-15)18(22(16)11-13)20-10-12-4-1-2-5-14(12)23/h1-11,23H. The second kappa shape index (κ2) is 5.86. The smallest absolute Gasteiger partial charge is 0.168 e. The number of nitrogens with zero attached hydrogens (tertiary/aromatic N) is 3. The number of benzene rings is 1. The van der Waals surface area contributed by atoms with E-state index in [1.165, 1.54) is 0 Å². The number of hydrogen-bond acceptors (Lipinski definition) is 4. The number of phenolic OH excluding ortho intramolecular Hbond substituents is 1. The quantitative estimate of drug-likeness (QED) is 0.551. The average Bonchev–Trinajstić information content (AvgIpc) is 3.21. The highest BCUT2D eigenvalue weighted by molar-refractivity contribution is 6.30. The zero-order valence-corrected chi connectivity index (χ0v) is 13.2. The molecule has 4 rings (SSSR count). The number of aromatic hydroxyl groups is 1. The third-order valence-corrected chi connectivity index (χ3v) is 3.80. The minimum absolute atomic E-state index is 0.160. The fourth-order valence-electron chi connectivity index (χ4n) is 2.44. The third-order valence-electron chi connectivity index (χ3n) is 3.57. The summed E-state index contributed by atoms with van der Waals surface area (Å²) >= 11 is 6.10. The lowest BCUT2D eigenvalue weighted by Crippen LogP contribution is -1.86. The lowest BCUT2D eigenvalue weighted by molar-refractivity contribution is 0.474. The molecular weight excluding hydrogens is 326 g/mol. The largest absolute Gasteiger partial charge is 0.507 e. The van der Waals surface area contributed by atoms with Crippen LogP contribution in [0.1, 0.15) is 5.56 Å². The average molecular weight is 338 g/mol. The maximum absolute atomic E-state index is 9.90. The van der Waals surface area contributed by atoms with Crippen LogP contribution in [0.5, 0.6) is 5.75 Å². The molecule has 0 aliphatic rings. The number of imidazole rings is 1. The highest BCUT2D eigenvalue weighted by Crippen LogP contribution is 2.32. The van der Waals surface area contributed by atoms with E-state index in [2.05, 4.69) is 9.98 Å². The van der Waals surface area contributed by atoms with E-state index in [1.54, 1.807) is 53.4 Å². The number of rotatable bonds is 3. The van der Waals surface area contributed by atoms with E-state index in [-0.39, 0.29) is 5.75 Å². The maximum atomic E-state index is 9.90. The van der Waals surface area contributed by atoms with Gasteiger partial charge in [0.25, 0.3) is 0 Å². The molecule has 4 aromatic rings. The van der Waals surface area contributed by atoms with Crippen molar-refractivity contribution in [3.63, 3.8) is 0 Å². The Kier molecular flexibility index (Phi) is 3.55. The van der Waals surface area contributed by atoms with Gasteiger partial charge < -0.3 is 9.52 Å². The van der Waals surface area contributed by atoms with Gasteiger partial charge >= 0.3 is 0 Å². The van der Waals surface area contributed by atoms with Gasteiger partial charge in [0.05, 0.1) is 11.3 Å². The molecule has 0 saturated carbocycles. The molecule has 6 heteroatoms. The number of hydrogen-bond donors (Lipinski definition) is 1. The minimum Gasteiger partial charge on any atom is -0.507 e. The molecule has 0 unspecified atom stereocenters. The van der Waals surface area contributed by atoms with E-state index in [4.69, 9.17) is 16.0 Å². The van der Waals surface area contributed by atoms with Crippen LogP contribution in [0.2, 0.25) is 5.02 Å². The third kappa shape index (κ3) is 2.55. The molecule has 0 aliphatic heterocycles. The van der Waals surface area contributed by atoms with Crippen LogP contribution in [-0.2, 0) is 0 Å². The summed E-state index contributed by atoms with van der Waals surface area (Å²) in [6, 6.07) is 14.2. The first-order chi connectivity index (χ1) is 11.7. The minimum atomic E-state index is 0.160. The summed E-state index contributed by atoms with van der Waals surface area (Å²) in [6.45, 7) is 0. The fraction of sp³-hybridized carbons (Fsp3) is 0. The van der Waals surface area contributed by atoms with Crippen LogP contribution in [0, 0.1) is 0 Å². The first-order valence-corrected chi connectivity index (χ1v) is 7.64. The Morgan fingerprint density at radius 1 is 1.12 bits per heavy atom. The van der Waals surface area contributed by atoms with Crippen LogP contribution < -0.4 is 0 Å². The number of para-hydroxylation sites is 1. The van der Waals surface area contributed by atoms with E-state index in [1.807, 2.05) is 18.2 Å². The van der Waals surface area contributed by atoms with E-state index >= 15 is 0 Å². The molecule has 0 spiro atoms. The highest BCUT2D eigenvalue weighted by atomic mass is 35.5. The Bertz CT molecular complexity index is 1040. The summed E-state index contributed by atoms with van der Waals surface area (Å²) in [4.78, 5) is 9.08. The van der Waals surface area contributed by atoms with Crippen molar-refractivity contribution >= 4 is 29.3 Å². The van der Waals surface area contributed by atoms with Crippen LogP contribution >= 0.6 is 11.6 Å². The normalized spacial score (nSPS) is 11.5. The Morgan fingerprint density at radius 2 is 2.00 bits per heavy atom. The van der Waals surface area contributed by atoms with Gasteiger partial charge in [0.15, 0.2) is 17.3 Å². The predicted octanol–water partition coefficient (Wildman–Crippen LogP) is 4.70. The van der Waals surface area contributed by atoms with E-state index in [9.17, 15) is 5.11 Å². The maximum Gasteiger partial charge on any atom is 0.168 e. The van der Waals surface area contributed by atoms with Crippen molar-refractivity contribution in [3.8, 4) is 17.2 Å². The number of aliphatic imine (C=N–C) groups is 1. The van der Waals surface area contributed by atoms with Gasteiger partial charge in [0, 0.05) is 18.0 Å². The Balaban J connectivity index is 1.90. The topological polar surface area (TPSA) is 63.0 Å². The molecule has 0 saturated heterocycles. The summed E-state index contributed by atoms with van der Waals surface area (Å²) < 4.78 is 7.25. The number of halogens is 1. The number of phenols is 1. The lowest BCUT2D eigenvalue weighted by atomic mass is 10.2. The van der Waals surface area contributed by atoms with E-state index < -0.39 is 0 Å². The van der Waals surface area contributed by atoms with Crippen molar-refractivity contribution in [1.29, 1.82) is 0 Å². The molecule has 118 valence electrons. The van der Waals surface area contributed by atoms with Gasteiger partial charge in [-0.1, -0.05) is 23.7 Å². The van der Waals surface area contributed by atoms with Gasteiger partial charge in [-0.2, -0.15) is 0 Å². The van der Waals surface area contributed by atoms with Crippen molar-refractivity contribution < 1.29 is 9.52 Å². The fourth-order valence-corrected chi connectivity index (χ4v) is 2.60. The summed E-state index contributed by atoms with van der Waals surface area (Å²) in [5.74, 6) is 1.35. The van der Waals surface area contributed by atoms with Crippen LogP contribution in [0.25, 0.3) is 17.1 Å². The summed E-state index contributed by atoms with van der Waals surface area (Å²) in [6.07, 6.45) is 4.92. The van der Waals surface area contributed by atoms with Crippen molar-refractivity contribution in [2.24, 2.45) is 4.99 Å². The monoisotopic (exact) mass is 337 g/mol. The highest BCUT2D eigenvalue weighted by Gasteiger charge is 2.15. The summed E-state index contributed by atoms with van der Waals surface area (Å²) in [5.41, 5.74) is 1.92. The van der Waals surface area contributed by atoms with Crippen LogP contribution in [0.15, 0.2) is 70.4 Å². The Hall–Kier alpha value is -3.05. The SMILES string of the molecule is Oc1ccccc1C=Nc1c(-c2ccco2)nc2ccc(Cl)cn12. The van der Waals surface area contributed by atoms with Gasteiger partial charge in [-0.15, -0.1) is 0 Å². The van der Waals surface area contributed by atoms with E-state index in [0.717, 1.165) is 0 Å². The molecule has 0 aliphatic carbocycles. The molecule has 24 heavy (non-hydrogen) atoms. The zero-order chi connectivity index (χ0) is 16.5. The van der Waals surface area contributed by atoms with Crippen LogP contribution in [-0.4, -0.2) is 20.7 Å². The molecule has 1 aromatic carbocycles. The Labute approximate surface area is 142 Å². The number of aromatic nitrogens is 2. The molecule has 3 heterocycles.